The summed E-state index contributed by atoms with van der Waals surface area (Å²) < 4.78 is 0. The second-order valence-electron chi connectivity index (χ2n) is 3.20. The lowest BCUT2D eigenvalue weighted by Crippen LogP contribution is -1.95. The summed E-state index contributed by atoms with van der Waals surface area (Å²) in [6, 6.07) is 8.24. The predicted molar refractivity (Wildman–Crippen MR) is 60.2 cm³/mol. The van der Waals surface area contributed by atoms with Gasteiger partial charge in [-0.05, 0) is 12.5 Å². The zero-order valence-electron chi connectivity index (χ0n) is 8.03. The molecule has 0 saturated heterocycles. The maximum atomic E-state index is 5.53. The minimum absolute atomic E-state index is 0.594. The number of nitrogens with zero attached hydrogens (tertiary/aromatic N) is 1. The van der Waals surface area contributed by atoms with E-state index in [1.807, 2.05) is 19.1 Å². The van der Waals surface area contributed by atoms with Gasteiger partial charge in [-0.25, -0.2) is 4.98 Å². The van der Waals surface area contributed by atoms with E-state index < -0.39 is 0 Å². The first-order chi connectivity index (χ1) is 6.79. The van der Waals surface area contributed by atoms with Crippen LogP contribution in [-0.4, -0.2) is 4.98 Å². The fourth-order valence-electron chi connectivity index (χ4n) is 1.27. The second kappa shape index (κ2) is 3.90. The van der Waals surface area contributed by atoms with E-state index in [0.717, 1.165) is 16.3 Å². The highest BCUT2D eigenvalue weighted by atomic mass is 32.1. The Morgan fingerprint density at radius 2 is 2.00 bits per heavy atom. The molecular weight excluding hydrogens is 192 g/mol. The van der Waals surface area contributed by atoms with Crippen molar-refractivity contribution in [3.05, 3.63) is 40.9 Å². The monoisotopic (exact) mass is 204 g/mol. The van der Waals surface area contributed by atoms with Crippen LogP contribution < -0.4 is 5.73 Å². The highest BCUT2D eigenvalue weighted by Gasteiger charge is 2.01. The lowest BCUT2D eigenvalue weighted by atomic mass is 10.1. The molecule has 0 saturated carbocycles. The van der Waals surface area contributed by atoms with E-state index in [1.54, 1.807) is 11.3 Å². The van der Waals surface area contributed by atoms with Crippen molar-refractivity contribution in [3.8, 4) is 10.6 Å². The first-order valence-corrected chi connectivity index (χ1v) is 5.39. The average Bonchev–Trinajstić information content (AvgIpc) is 2.65. The van der Waals surface area contributed by atoms with E-state index >= 15 is 0 Å². The SMILES string of the molecule is Cc1csc(-c2ccc(CN)cc2)n1. The molecule has 3 heteroatoms. The quantitative estimate of drug-likeness (QED) is 0.816. The van der Waals surface area contributed by atoms with Gasteiger partial charge in [-0.1, -0.05) is 24.3 Å². The van der Waals surface area contributed by atoms with Gasteiger partial charge in [0.15, 0.2) is 0 Å². The third-order valence-electron chi connectivity index (χ3n) is 2.06. The predicted octanol–water partition coefficient (Wildman–Crippen LogP) is 2.58. The highest BCUT2D eigenvalue weighted by molar-refractivity contribution is 7.13. The number of aromatic nitrogens is 1. The summed E-state index contributed by atoms with van der Waals surface area (Å²) in [5.74, 6) is 0. The summed E-state index contributed by atoms with van der Waals surface area (Å²) in [6.07, 6.45) is 0. The molecule has 0 amide bonds. The molecule has 2 rings (SSSR count). The number of nitrogens with two attached hydrogens (primary N) is 1. The topological polar surface area (TPSA) is 38.9 Å². The lowest BCUT2D eigenvalue weighted by Gasteiger charge is -1.98. The van der Waals surface area contributed by atoms with E-state index in [2.05, 4.69) is 22.5 Å². The first-order valence-electron chi connectivity index (χ1n) is 4.51. The summed E-state index contributed by atoms with van der Waals surface area (Å²) in [5.41, 5.74) is 8.93. The number of thiazole rings is 1. The molecule has 0 radical (unpaired) electrons. The van der Waals surface area contributed by atoms with Crippen molar-refractivity contribution in [1.29, 1.82) is 0 Å². The third kappa shape index (κ3) is 1.84. The minimum atomic E-state index is 0.594. The third-order valence-corrected chi connectivity index (χ3v) is 3.06. The standard InChI is InChI=1S/C11H12N2S/c1-8-7-14-11(13-8)10-4-2-9(6-12)3-5-10/h2-5,7H,6,12H2,1H3. The molecule has 1 aromatic carbocycles. The average molecular weight is 204 g/mol. The van der Waals surface area contributed by atoms with E-state index in [-0.39, 0.29) is 0 Å². The molecule has 1 heterocycles. The van der Waals surface area contributed by atoms with Crippen molar-refractivity contribution < 1.29 is 0 Å². The Bertz CT molecular complexity index is 417. The van der Waals surface area contributed by atoms with E-state index in [4.69, 9.17) is 5.73 Å². The molecule has 0 fully saturated rings. The number of rotatable bonds is 2. The van der Waals surface area contributed by atoms with Gasteiger partial charge in [0.1, 0.15) is 5.01 Å². The number of aryl methyl sites for hydroxylation is 1. The Hall–Kier alpha value is -1.19. The summed E-state index contributed by atoms with van der Waals surface area (Å²) in [4.78, 5) is 4.42. The molecule has 0 spiro atoms. The fraction of sp³-hybridized carbons (Fsp3) is 0.182. The van der Waals surface area contributed by atoms with Crippen LogP contribution in [0.1, 0.15) is 11.3 Å². The number of hydrogen-bond donors (Lipinski definition) is 1. The molecule has 0 aliphatic rings. The van der Waals surface area contributed by atoms with Crippen molar-refractivity contribution >= 4 is 11.3 Å². The molecule has 0 aliphatic carbocycles. The maximum Gasteiger partial charge on any atom is 0.123 e. The van der Waals surface area contributed by atoms with Gasteiger partial charge >= 0.3 is 0 Å². The summed E-state index contributed by atoms with van der Waals surface area (Å²) in [6.45, 7) is 2.60. The van der Waals surface area contributed by atoms with Gasteiger partial charge in [0.2, 0.25) is 0 Å². The molecule has 2 N–H and O–H groups in total. The molecular formula is C11H12N2S. The Morgan fingerprint density at radius 3 is 2.50 bits per heavy atom. The summed E-state index contributed by atoms with van der Waals surface area (Å²) >= 11 is 1.67. The summed E-state index contributed by atoms with van der Waals surface area (Å²) in [7, 11) is 0. The van der Waals surface area contributed by atoms with Crippen molar-refractivity contribution in [2.24, 2.45) is 5.73 Å². The van der Waals surface area contributed by atoms with E-state index in [0.29, 0.717) is 6.54 Å². The fourth-order valence-corrected chi connectivity index (χ4v) is 2.07. The van der Waals surface area contributed by atoms with Crippen LogP contribution in [0.4, 0.5) is 0 Å². The van der Waals surface area contributed by atoms with Crippen LogP contribution in [0.3, 0.4) is 0 Å². The van der Waals surface area contributed by atoms with Crippen LogP contribution in [-0.2, 0) is 6.54 Å². The molecule has 2 aromatic rings. The van der Waals surface area contributed by atoms with E-state index in [1.165, 1.54) is 5.56 Å². The van der Waals surface area contributed by atoms with Gasteiger partial charge in [0.05, 0.1) is 0 Å². The van der Waals surface area contributed by atoms with Crippen LogP contribution in [0.25, 0.3) is 10.6 Å². The van der Waals surface area contributed by atoms with Crippen LogP contribution in [0, 0.1) is 6.92 Å². The molecule has 0 atom stereocenters. The maximum absolute atomic E-state index is 5.53. The van der Waals surface area contributed by atoms with Crippen molar-refractivity contribution in [2.45, 2.75) is 13.5 Å². The van der Waals surface area contributed by atoms with Crippen LogP contribution >= 0.6 is 11.3 Å². The zero-order valence-corrected chi connectivity index (χ0v) is 8.84. The number of hydrogen-bond acceptors (Lipinski definition) is 3. The first kappa shape index (κ1) is 9.37. The molecule has 72 valence electrons. The van der Waals surface area contributed by atoms with Gasteiger partial charge in [0, 0.05) is 23.2 Å². The Balaban J connectivity index is 2.33. The smallest absolute Gasteiger partial charge is 0.123 e. The normalized spacial score (nSPS) is 10.4. The van der Waals surface area contributed by atoms with Crippen molar-refractivity contribution in [3.63, 3.8) is 0 Å². The molecule has 0 bridgehead atoms. The van der Waals surface area contributed by atoms with Gasteiger partial charge in [-0.3, -0.25) is 0 Å². The summed E-state index contributed by atoms with van der Waals surface area (Å²) in [5, 5.41) is 3.14. The van der Waals surface area contributed by atoms with Gasteiger partial charge in [-0.15, -0.1) is 11.3 Å². The van der Waals surface area contributed by atoms with Crippen LogP contribution in [0.15, 0.2) is 29.6 Å². The molecule has 1 aromatic heterocycles. The highest BCUT2D eigenvalue weighted by Crippen LogP contribution is 2.23. The largest absolute Gasteiger partial charge is 0.326 e. The van der Waals surface area contributed by atoms with Gasteiger partial charge < -0.3 is 5.73 Å². The van der Waals surface area contributed by atoms with Crippen LogP contribution in [0.5, 0.6) is 0 Å². The number of benzene rings is 1. The molecule has 14 heavy (non-hydrogen) atoms. The van der Waals surface area contributed by atoms with Crippen molar-refractivity contribution in [2.75, 3.05) is 0 Å². The molecule has 0 unspecified atom stereocenters. The second-order valence-corrected chi connectivity index (χ2v) is 4.05. The zero-order chi connectivity index (χ0) is 9.97. The van der Waals surface area contributed by atoms with Crippen LogP contribution in [0.2, 0.25) is 0 Å². The van der Waals surface area contributed by atoms with E-state index in [9.17, 15) is 0 Å². The van der Waals surface area contributed by atoms with Crippen molar-refractivity contribution in [1.82, 2.24) is 4.98 Å². The molecule has 0 aliphatic heterocycles. The van der Waals surface area contributed by atoms with Gasteiger partial charge in [0.25, 0.3) is 0 Å². The molecule has 2 nitrogen and oxygen atoms in total. The Kier molecular flexibility index (Phi) is 2.61. The lowest BCUT2D eigenvalue weighted by molar-refractivity contribution is 1.07. The minimum Gasteiger partial charge on any atom is -0.326 e. The Morgan fingerprint density at radius 1 is 1.29 bits per heavy atom. The van der Waals surface area contributed by atoms with Gasteiger partial charge in [-0.2, -0.15) is 0 Å². The Labute approximate surface area is 87.4 Å².